The van der Waals surface area contributed by atoms with Gasteiger partial charge in [0.1, 0.15) is 6.04 Å². The number of carbonyl (C=O) groups is 2. The van der Waals surface area contributed by atoms with E-state index in [1.54, 1.807) is 6.07 Å². The van der Waals surface area contributed by atoms with Gasteiger partial charge in [0.2, 0.25) is 5.91 Å². The zero-order valence-electron chi connectivity index (χ0n) is 16.5. The van der Waals surface area contributed by atoms with Gasteiger partial charge in [-0.25, -0.2) is 0 Å². The molecule has 0 aliphatic carbocycles. The van der Waals surface area contributed by atoms with Crippen LogP contribution in [-0.2, 0) is 4.79 Å². The number of amides is 2. The Balaban J connectivity index is 1.55. The van der Waals surface area contributed by atoms with Gasteiger partial charge >= 0.3 is 0 Å². The van der Waals surface area contributed by atoms with Crippen LogP contribution in [0.25, 0.3) is 10.8 Å². The summed E-state index contributed by atoms with van der Waals surface area (Å²) in [5.41, 5.74) is 1.75. The molecule has 0 fully saturated rings. The van der Waals surface area contributed by atoms with Gasteiger partial charge in [-0.1, -0.05) is 72.8 Å². The first-order valence-electron chi connectivity index (χ1n) is 9.80. The number of thiophene rings is 1. The van der Waals surface area contributed by atoms with Crippen LogP contribution in [0.15, 0.2) is 90.3 Å². The lowest BCUT2D eigenvalue weighted by atomic mass is 10.0. The van der Waals surface area contributed by atoms with Crippen LogP contribution in [-0.4, -0.2) is 11.8 Å². The summed E-state index contributed by atoms with van der Waals surface area (Å²) in [7, 11) is 0. The van der Waals surface area contributed by atoms with Crippen LogP contribution in [0.2, 0.25) is 0 Å². The molecule has 0 radical (unpaired) electrons. The Morgan fingerprint density at radius 3 is 2.23 bits per heavy atom. The van der Waals surface area contributed by atoms with Crippen LogP contribution in [0.3, 0.4) is 0 Å². The summed E-state index contributed by atoms with van der Waals surface area (Å²) in [5, 5.41) is 10.1. The number of nitrogens with one attached hydrogen (secondary N) is 2. The Labute approximate surface area is 179 Å². The van der Waals surface area contributed by atoms with Crippen molar-refractivity contribution in [2.45, 2.75) is 19.0 Å². The third-order valence-corrected chi connectivity index (χ3v) is 5.92. The Hall–Kier alpha value is -3.44. The topological polar surface area (TPSA) is 58.2 Å². The van der Waals surface area contributed by atoms with E-state index in [0.717, 1.165) is 21.9 Å². The minimum atomic E-state index is -0.774. The number of benzene rings is 3. The molecular formula is C25H22N2O2S. The molecule has 1 aromatic heterocycles. The highest BCUT2D eigenvalue weighted by Gasteiger charge is 2.25. The first-order valence-corrected chi connectivity index (χ1v) is 10.7. The average Bonchev–Trinajstić information content (AvgIpc) is 3.32. The summed E-state index contributed by atoms with van der Waals surface area (Å²) in [5.74, 6) is -0.501. The molecule has 2 N–H and O–H groups in total. The molecule has 0 saturated heterocycles. The average molecular weight is 415 g/mol. The lowest BCUT2D eigenvalue weighted by Gasteiger charge is -2.22. The second-order valence-electron chi connectivity index (χ2n) is 7.13. The van der Waals surface area contributed by atoms with E-state index in [1.165, 1.54) is 11.3 Å². The molecule has 5 heteroatoms. The zero-order valence-corrected chi connectivity index (χ0v) is 17.4. The predicted octanol–water partition coefficient (Wildman–Crippen LogP) is 5.25. The van der Waals surface area contributed by atoms with E-state index in [1.807, 2.05) is 66.9 Å². The molecule has 0 aliphatic rings. The van der Waals surface area contributed by atoms with E-state index in [0.29, 0.717) is 4.88 Å². The summed E-state index contributed by atoms with van der Waals surface area (Å²) in [4.78, 5) is 26.4. The quantitative estimate of drug-likeness (QED) is 0.453. The van der Waals surface area contributed by atoms with Gasteiger partial charge in [0, 0.05) is 0 Å². The third-order valence-electron chi connectivity index (χ3n) is 5.05. The number of fused-ring (bicyclic) bond motifs is 1. The first-order chi connectivity index (χ1) is 14.6. The van der Waals surface area contributed by atoms with Crippen LogP contribution in [0.4, 0.5) is 0 Å². The third kappa shape index (κ3) is 4.42. The van der Waals surface area contributed by atoms with Crippen molar-refractivity contribution in [3.05, 3.63) is 106 Å². The SMILES string of the molecule is C[C@@H](NC(=O)[C@H](NC(=O)c1cccs1)c1ccccc1)c1ccc2ccccc2c1. The van der Waals surface area contributed by atoms with Crippen molar-refractivity contribution in [2.75, 3.05) is 0 Å². The van der Waals surface area contributed by atoms with Crippen molar-refractivity contribution in [1.29, 1.82) is 0 Å². The molecular weight excluding hydrogens is 392 g/mol. The highest BCUT2D eigenvalue weighted by molar-refractivity contribution is 7.12. The standard InChI is InChI=1S/C25H22N2O2S/c1-17(20-14-13-18-8-5-6-11-21(18)16-20)26-25(29)23(19-9-3-2-4-10-19)27-24(28)22-12-7-15-30-22/h2-17,23H,1H3,(H,26,29)(H,27,28)/t17-,23-/m1/s1. The molecule has 30 heavy (non-hydrogen) atoms. The van der Waals surface area contributed by atoms with Gasteiger partial charge in [-0.05, 0) is 46.3 Å². The van der Waals surface area contributed by atoms with Crippen LogP contribution < -0.4 is 10.6 Å². The first kappa shape index (κ1) is 19.9. The van der Waals surface area contributed by atoms with Crippen LogP contribution in [0.1, 0.15) is 39.8 Å². The molecule has 0 aliphatic heterocycles. The molecule has 0 unspecified atom stereocenters. The minimum Gasteiger partial charge on any atom is -0.347 e. The molecule has 2 atom stereocenters. The largest absolute Gasteiger partial charge is 0.347 e. The second-order valence-corrected chi connectivity index (χ2v) is 8.08. The summed E-state index contributed by atoms with van der Waals surface area (Å²) < 4.78 is 0. The number of carbonyl (C=O) groups excluding carboxylic acids is 2. The highest BCUT2D eigenvalue weighted by atomic mass is 32.1. The van der Waals surface area contributed by atoms with E-state index < -0.39 is 6.04 Å². The molecule has 4 aromatic rings. The molecule has 2 amide bonds. The lowest BCUT2D eigenvalue weighted by Crippen LogP contribution is -2.41. The maximum absolute atomic E-state index is 13.2. The Kier molecular flexibility index (Phi) is 5.91. The Bertz CT molecular complexity index is 1160. The zero-order chi connectivity index (χ0) is 20.9. The van der Waals surface area contributed by atoms with Crippen molar-refractivity contribution >= 4 is 33.9 Å². The van der Waals surface area contributed by atoms with Crippen molar-refractivity contribution in [1.82, 2.24) is 10.6 Å². The van der Waals surface area contributed by atoms with Crippen LogP contribution in [0.5, 0.6) is 0 Å². The summed E-state index contributed by atoms with van der Waals surface area (Å²) in [6, 6.07) is 26.2. The summed E-state index contributed by atoms with van der Waals surface area (Å²) in [6.07, 6.45) is 0. The van der Waals surface area contributed by atoms with Crippen LogP contribution in [0, 0.1) is 0 Å². The smallest absolute Gasteiger partial charge is 0.262 e. The van der Waals surface area contributed by atoms with Crippen LogP contribution >= 0.6 is 11.3 Å². The molecule has 0 saturated carbocycles. The number of rotatable bonds is 6. The van der Waals surface area contributed by atoms with E-state index in [4.69, 9.17) is 0 Å². The fraction of sp³-hybridized carbons (Fsp3) is 0.120. The van der Waals surface area contributed by atoms with Crippen molar-refractivity contribution in [3.63, 3.8) is 0 Å². The molecule has 4 rings (SSSR count). The maximum Gasteiger partial charge on any atom is 0.262 e. The van der Waals surface area contributed by atoms with Gasteiger partial charge in [-0.3, -0.25) is 9.59 Å². The Morgan fingerprint density at radius 2 is 1.50 bits per heavy atom. The van der Waals surface area contributed by atoms with E-state index >= 15 is 0 Å². The number of hydrogen-bond acceptors (Lipinski definition) is 3. The van der Waals surface area contributed by atoms with Gasteiger partial charge in [0.15, 0.2) is 0 Å². The van der Waals surface area contributed by atoms with Gasteiger partial charge in [-0.15, -0.1) is 11.3 Å². The normalized spacial score (nSPS) is 12.8. The molecule has 4 nitrogen and oxygen atoms in total. The highest BCUT2D eigenvalue weighted by Crippen LogP contribution is 2.22. The van der Waals surface area contributed by atoms with E-state index in [-0.39, 0.29) is 17.9 Å². The monoisotopic (exact) mass is 414 g/mol. The second kappa shape index (κ2) is 8.93. The fourth-order valence-electron chi connectivity index (χ4n) is 3.41. The molecule has 0 spiro atoms. The Morgan fingerprint density at radius 1 is 0.767 bits per heavy atom. The molecule has 150 valence electrons. The van der Waals surface area contributed by atoms with Gasteiger partial charge < -0.3 is 10.6 Å². The van der Waals surface area contributed by atoms with Crippen molar-refractivity contribution in [3.8, 4) is 0 Å². The molecule has 1 heterocycles. The van der Waals surface area contributed by atoms with Crippen molar-refractivity contribution < 1.29 is 9.59 Å². The minimum absolute atomic E-state index is 0.202. The summed E-state index contributed by atoms with van der Waals surface area (Å²) in [6.45, 7) is 1.95. The summed E-state index contributed by atoms with van der Waals surface area (Å²) >= 11 is 1.35. The fourth-order valence-corrected chi connectivity index (χ4v) is 4.04. The maximum atomic E-state index is 13.2. The predicted molar refractivity (Wildman–Crippen MR) is 121 cm³/mol. The van der Waals surface area contributed by atoms with Gasteiger partial charge in [0.05, 0.1) is 10.9 Å². The lowest BCUT2D eigenvalue weighted by molar-refractivity contribution is -0.123. The van der Waals surface area contributed by atoms with E-state index in [9.17, 15) is 9.59 Å². The molecule has 3 aromatic carbocycles. The van der Waals surface area contributed by atoms with Gasteiger partial charge in [-0.2, -0.15) is 0 Å². The number of hydrogen-bond donors (Lipinski definition) is 2. The van der Waals surface area contributed by atoms with E-state index in [2.05, 4.69) is 34.9 Å². The van der Waals surface area contributed by atoms with Crippen molar-refractivity contribution in [2.24, 2.45) is 0 Å². The molecule has 0 bridgehead atoms. The van der Waals surface area contributed by atoms with Gasteiger partial charge in [0.25, 0.3) is 5.91 Å².